The minimum Gasteiger partial charge on any atom is -0.353 e. The van der Waals surface area contributed by atoms with E-state index in [-0.39, 0.29) is 5.79 Å². The summed E-state index contributed by atoms with van der Waals surface area (Å²) in [6, 6.07) is 0. The van der Waals surface area contributed by atoms with Crippen LogP contribution in [0.4, 0.5) is 0 Å². The molecule has 1 aliphatic rings. The summed E-state index contributed by atoms with van der Waals surface area (Å²) < 4.78 is 10.8. The standard InChI is InChI=1S/C8H16O2/c1-3-10-8(9-2)6-4-5-7-8/h3-7H2,1-2H3. The van der Waals surface area contributed by atoms with Crippen LogP contribution in [0.1, 0.15) is 32.6 Å². The molecule has 60 valence electrons. The highest BCUT2D eigenvalue weighted by Crippen LogP contribution is 2.33. The fraction of sp³-hybridized carbons (Fsp3) is 1.00. The lowest BCUT2D eigenvalue weighted by Crippen LogP contribution is -2.30. The Labute approximate surface area is 62.5 Å². The number of methoxy groups -OCH3 is 1. The molecule has 0 heterocycles. The van der Waals surface area contributed by atoms with Gasteiger partial charge in [-0.1, -0.05) is 0 Å². The van der Waals surface area contributed by atoms with Crippen molar-refractivity contribution in [1.82, 2.24) is 0 Å². The zero-order valence-corrected chi connectivity index (χ0v) is 6.85. The summed E-state index contributed by atoms with van der Waals surface area (Å²) in [5.41, 5.74) is 0. The number of ether oxygens (including phenoxy) is 2. The van der Waals surface area contributed by atoms with Gasteiger partial charge in [-0.05, 0) is 19.8 Å². The molecule has 2 heteroatoms. The number of hydrogen-bond acceptors (Lipinski definition) is 2. The van der Waals surface area contributed by atoms with Crippen molar-refractivity contribution in [2.24, 2.45) is 0 Å². The van der Waals surface area contributed by atoms with Crippen molar-refractivity contribution in [1.29, 1.82) is 0 Å². The Bertz CT molecular complexity index is 95.4. The van der Waals surface area contributed by atoms with E-state index >= 15 is 0 Å². The van der Waals surface area contributed by atoms with Gasteiger partial charge in [0, 0.05) is 26.6 Å². The van der Waals surface area contributed by atoms with Crippen LogP contribution < -0.4 is 0 Å². The van der Waals surface area contributed by atoms with Gasteiger partial charge in [0.15, 0.2) is 5.79 Å². The van der Waals surface area contributed by atoms with Gasteiger partial charge >= 0.3 is 0 Å². The minimum atomic E-state index is -0.214. The largest absolute Gasteiger partial charge is 0.353 e. The third-order valence-electron chi connectivity index (χ3n) is 2.14. The molecule has 0 unspecified atom stereocenters. The summed E-state index contributed by atoms with van der Waals surface area (Å²) in [6.45, 7) is 2.77. The second kappa shape index (κ2) is 3.35. The predicted molar refractivity (Wildman–Crippen MR) is 39.8 cm³/mol. The average molecular weight is 144 g/mol. The minimum absolute atomic E-state index is 0.214. The van der Waals surface area contributed by atoms with Crippen LogP contribution in [0.5, 0.6) is 0 Å². The van der Waals surface area contributed by atoms with Crippen LogP contribution in [0.3, 0.4) is 0 Å². The molecule has 1 fully saturated rings. The fourth-order valence-electron chi connectivity index (χ4n) is 1.58. The van der Waals surface area contributed by atoms with Gasteiger partial charge in [-0.2, -0.15) is 0 Å². The highest BCUT2D eigenvalue weighted by molar-refractivity contribution is 4.76. The number of rotatable bonds is 3. The molecule has 0 aromatic rings. The zero-order valence-electron chi connectivity index (χ0n) is 6.85. The maximum absolute atomic E-state index is 5.52. The van der Waals surface area contributed by atoms with E-state index in [4.69, 9.17) is 9.47 Å². The molecule has 0 radical (unpaired) electrons. The Morgan fingerprint density at radius 2 is 1.90 bits per heavy atom. The fourth-order valence-corrected chi connectivity index (χ4v) is 1.58. The molecule has 0 atom stereocenters. The molecule has 0 saturated heterocycles. The predicted octanol–water partition coefficient (Wildman–Crippen LogP) is 1.94. The molecule has 2 nitrogen and oxygen atoms in total. The second-order valence-corrected chi connectivity index (χ2v) is 2.75. The van der Waals surface area contributed by atoms with Crippen molar-refractivity contribution in [3.63, 3.8) is 0 Å². The lowest BCUT2D eigenvalue weighted by atomic mass is 10.2. The van der Waals surface area contributed by atoms with Crippen molar-refractivity contribution < 1.29 is 9.47 Å². The normalized spacial score (nSPS) is 23.4. The number of hydrogen-bond donors (Lipinski definition) is 0. The molecule has 0 bridgehead atoms. The van der Waals surface area contributed by atoms with Crippen LogP contribution >= 0.6 is 0 Å². The molecule has 0 aromatic carbocycles. The third kappa shape index (κ3) is 1.50. The van der Waals surface area contributed by atoms with E-state index < -0.39 is 0 Å². The molecule has 10 heavy (non-hydrogen) atoms. The van der Waals surface area contributed by atoms with Gasteiger partial charge in [-0.15, -0.1) is 0 Å². The lowest BCUT2D eigenvalue weighted by Gasteiger charge is -2.26. The van der Waals surface area contributed by atoms with E-state index in [1.54, 1.807) is 7.11 Å². The van der Waals surface area contributed by atoms with Gasteiger partial charge < -0.3 is 9.47 Å². The van der Waals surface area contributed by atoms with E-state index in [1.807, 2.05) is 6.92 Å². The molecule has 0 N–H and O–H groups in total. The maximum Gasteiger partial charge on any atom is 0.167 e. The van der Waals surface area contributed by atoms with E-state index in [0.717, 1.165) is 19.4 Å². The van der Waals surface area contributed by atoms with Gasteiger partial charge in [0.2, 0.25) is 0 Å². The van der Waals surface area contributed by atoms with Crippen LogP contribution in [0.15, 0.2) is 0 Å². The summed E-state index contributed by atoms with van der Waals surface area (Å²) in [6.07, 6.45) is 4.62. The summed E-state index contributed by atoms with van der Waals surface area (Å²) >= 11 is 0. The molecule has 0 aromatic heterocycles. The van der Waals surface area contributed by atoms with Gasteiger partial charge in [0.1, 0.15) is 0 Å². The van der Waals surface area contributed by atoms with Gasteiger partial charge in [0.25, 0.3) is 0 Å². The van der Waals surface area contributed by atoms with Crippen molar-refractivity contribution in [2.45, 2.75) is 38.4 Å². The van der Waals surface area contributed by atoms with Crippen LogP contribution in [-0.4, -0.2) is 19.5 Å². The second-order valence-electron chi connectivity index (χ2n) is 2.75. The Morgan fingerprint density at radius 3 is 2.30 bits per heavy atom. The summed E-state index contributed by atoms with van der Waals surface area (Å²) in [7, 11) is 1.74. The average Bonchev–Trinajstić information content (AvgIpc) is 2.39. The van der Waals surface area contributed by atoms with Crippen molar-refractivity contribution in [3.05, 3.63) is 0 Å². The van der Waals surface area contributed by atoms with Crippen molar-refractivity contribution >= 4 is 0 Å². The first kappa shape index (κ1) is 8.02. The molecular weight excluding hydrogens is 128 g/mol. The zero-order chi connectivity index (χ0) is 7.45. The SMILES string of the molecule is CCOC1(OC)CCCC1. The van der Waals surface area contributed by atoms with E-state index in [2.05, 4.69) is 0 Å². The quantitative estimate of drug-likeness (QED) is 0.563. The monoisotopic (exact) mass is 144 g/mol. The summed E-state index contributed by atoms with van der Waals surface area (Å²) in [4.78, 5) is 0. The van der Waals surface area contributed by atoms with Crippen molar-refractivity contribution in [3.8, 4) is 0 Å². The van der Waals surface area contributed by atoms with Gasteiger partial charge in [-0.3, -0.25) is 0 Å². The molecule has 0 aliphatic heterocycles. The molecule has 1 aliphatic carbocycles. The highest BCUT2D eigenvalue weighted by Gasteiger charge is 2.33. The maximum atomic E-state index is 5.52. The van der Waals surface area contributed by atoms with Crippen LogP contribution in [0, 0.1) is 0 Å². The summed E-state index contributed by atoms with van der Waals surface area (Å²) in [5.74, 6) is -0.214. The van der Waals surface area contributed by atoms with E-state index in [9.17, 15) is 0 Å². The lowest BCUT2D eigenvalue weighted by molar-refractivity contribution is -0.214. The Morgan fingerprint density at radius 1 is 1.30 bits per heavy atom. The Balaban J connectivity index is 2.41. The molecule has 0 spiro atoms. The molecule has 1 saturated carbocycles. The van der Waals surface area contributed by atoms with E-state index in [1.165, 1.54) is 12.8 Å². The first-order chi connectivity index (χ1) is 4.83. The third-order valence-corrected chi connectivity index (χ3v) is 2.14. The first-order valence-corrected chi connectivity index (χ1v) is 4.02. The van der Waals surface area contributed by atoms with Gasteiger partial charge in [-0.25, -0.2) is 0 Å². The van der Waals surface area contributed by atoms with Crippen LogP contribution in [0.2, 0.25) is 0 Å². The van der Waals surface area contributed by atoms with E-state index in [0.29, 0.717) is 0 Å². The molecule has 0 amide bonds. The molecule has 1 rings (SSSR count). The summed E-state index contributed by atoms with van der Waals surface area (Å²) in [5, 5.41) is 0. The Kier molecular flexibility index (Phi) is 2.69. The highest BCUT2D eigenvalue weighted by atomic mass is 16.7. The van der Waals surface area contributed by atoms with Gasteiger partial charge in [0.05, 0.1) is 0 Å². The first-order valence-electron chi connectivity index (χ1n) is 4.02. The molecular formula is C8H16O2. The van der Waals surface area contributed by atoms with Crippen LogP contribution in [0.25, 0.3) is 0 Å². The van der Waals surface area contributed by atoms with Crippen LogP contribution in [-0.2, 0) is 9.47 Å². The van der Waals surface area contributed by atoms with Crippen molar-refractivity contribution in [2.75, 3.05) is 13.7 Å². The topological polar surface area (TPSA) is 18.5 Å². The Hall–Kier alpha value is -0.0800. The smallest absolute Gasteiger partial charge is 0.167 e.